The molecular formula is C21H32O8. The summed E-state index contributed by atoms with van der Waals surface area (Å²) in [7, 11) is 0. The van der Waals surface area contributed by atoms with Crippen LogP contribution in [0.2, 0.25) is 0 Å². The summed E-state index contributed by atoms with van der Waals surface area (Å²) in [6.45, 7) is 7.61. The minimum atomic E-state index is -1.48. The molecule has 2 aliphatic heterocycles. The van der Waals surface area contributed by atoms with Gasteiger partial charge >= 0.3 is 5.97 Å². The molecule has 2 saturated heterocycles. The fourth-order valence-electron chi connectivity index (χ4n) is 5.88. The normalized spacial score (nSPS) is 52.6. The van der Waals surface area contributed by atoms with Crippen LogP contribution >= 0.6 is 0 Å². The third-order valence-electron chi connectivity index (χ3n) is 7.72. The molecule has 0 radical (unpaired) electrons. The molecule has 0 aromatic rings. The zero-order valence-electron chi connectivity index (χ0n) is 16.9. The second-order valence-corrected chi connectivity index (χ2v) is 9.35. The zero-order chi connectivity index (χ0) is 21.1. The largest absolute Gasteiger partial charge is 0.461 e. The number of ether oxygens (including phenoxy) is 3. The van der Waals surface area contributed by atoms with Crippen molar-refractivity contribution < 1.29 is 39.4 Å². The molecule has 8 heteroatoms. The van der Waals surface area contributed by atoms with Gasteiger partial charge in [-0.15, -0.1) is 0 Å². The Morgan fingerprint density at radius 1 is 1.21 bits per heavy atom. The van der Waals surface area contributed by atoms with E-state index in [-0.39, 0.29) is 35.7 Å². The Balaban J connectivity index is 1.60. The number of carbonyl (C=O) groups excluding carboxylic acids is 1. The highest BCUT2D eigenvalue weighted by Crippen LogP contribution is 2.55. The molecule has 4 aliphatic rings. The maximum Gasteiger partial charge on any atom is 0.309 e. The summed E-state index contributed by atoms with van der Waals surface area (Å²) in [6, 6.07) is 0. The molecule has 0 aromatic heterocycles. The van der Waals surface area contributed by atoms with Crippen molar-refractivity contribution in [2.75, 3.05) is 6.61 Å². The molecule has 29 heavy (non-hydrogen) atoms. The number of esters is 1. The highest BCUT2D eigenvalue weighted by atomic mass is 16.7. The first kappa shape index (κ1) is 21.2. The monoisotopic (exact) mass is 412 g/mol. The van der Waals surface area contributed by atoms with Gasteiger partial charge < -0.3 is 34.6 Å². The summed E-state index contributed by atoms with van der Waals surface area (Å²) in [6.07, 6.45) is -3.73. The highest BCUT2D eigenvalue weighted by Gasteiger charge is 2.58. The second kappa shape index (κ2) is 7.59. The van der Waals surface area contributed by atoms with Gasteiger partial charge in [0.05, 0.1) is 18.1 Å². The van der Waals surface area contributed by atoms with Gasteiger partial charge in [-0.3, -0.25) is 4.79 Å². The average Bonchev–Trinajstić information content (AvgIpc) is 3.17. The number of aliphatic hydroxyl groups is 4. The summed E-state index contributed by atoms with van der Waals surface area (Å²) in [4.78, 5) is 12.2. The molecule has 0 spiro atoms. The first-order chi connectivity index (χ1) is 13.7. The second-order valence-electron chi connectivity index (χ2n) is 9.35. The van der Waals surface area contributed by atoms with E-state index in [0.29, 0.717) is 6.42 Å². The topological polar surface area (TPSA) is 126 Å². The molecule has 2 heterocycles. The van der Waals surface area contributed by atoms with Crippen molar-refractivity contribution in [2.45, 2.75) is 81.9 Å². The molecule has 0 amide bonds. The smallest absolute Gasteiger partial charge is 0.309 e. The third-order valence-corrected chi connectivity index (χ3v) is 7.72. The van der Waals surface area contributed by atoms with E-state index < -0.39 is 42.9 Å². The number of carbonyl (C=O) groups is 1. The molecule has 11 unspecified atom stereocenters. The van der Waals surface area contributed by atoms with Crippen LogP contribution in [0.25, 0.3) is 0 Å². The van der Waals surface area contributed by atoms with Gasteiger partial charge in [0.1, 0.15) is 30.5 Å². The molecule has 4 rings (SSSR count). The van der Waals surface area contributed by atoms with Crippen molar-refractivity contribution in [2.24, 2.45) is 23.7 Å². The first-order valence-electron chi connectivity index (χ1n) is 10.5. The molecule has 2 saturated carbocycles. The fraction of sp³-hybridized carbons (Fsp3) is 0.857. The van der Waals surface area contributed by atoms with Gasteiger partial charge in [-0.05, 0) is 38.5 Å². The predicted octanol–water partition coefficient (Wildman–Crippen LogP) is 0.115. The van der Waals surface area contributed by atoms with E-state index >= 15 is 0 Å². The van der Waals surface area contributed by atoms with E-state index in [9.17, 15) is 25.2 Å². The summed E-state index contributed by atoms with van der Waals surface area (Å²) in [5.41, 5.74) is 0.353. The summed E-state index contributed by atoms with van der Waals surface area (Å²) in [5, 5.41) is 40.0. The fourth-order valence-corrected chi connectivity index (χ4v) is 5.88. The quantitative estimate of drug-likeness (QED) is 0.380. The Hall–Kier alpha value is -1.03. The van der Waals surface area contributed by atoms with E-state index in [0.717, 1.165) is 24.8 Å². The summed E-state index contributed by atoms with van der Waals surface area (Å²) >= 11 is 0. The molecule has 2 aliphatic carbocycles. The zero-order valence-corrected chi connectivity index (χ0v) is 16.9. The first-order valence-corrected chi connectivity index (χ1v) is 10.5. The lowest BCUT2D eigenvalue weighted by molar-refractivity contribution is -0.332. The molecule has 4 fully saturated rings. The Morgan fingerprint density at radius 2 is 1.93 bits per heavy atom. The minimum absolute atomic E-state index is 0.0220. The Labute approximate surface area is 170 Å². The lowest BCUT2D eigenvalue weighted by Gasteiger charge is -2.46. The molecule has 4 N–H and O–H groups in total. The molecule has 8 nitrogen and oxygen atoms in total. The van der Waals surface area contributed by atoms with Crippen LogP contribution in [0.1, 0.15) is 39.5 Å². The average molecular weight is 412 g/mol. The summed E-state index contributed by atoms with van der Waals surface area (Å²) in [5.74, 6) is -0.243. The highest BCUT2D eigenvalue weighted by molar-refractivity contribution is 5.75. The minimum Gasteiger partial charge on any atom is -0.461 e. The van der Waals surface area contributed by atoms with Crippen LogP contribution in [0.3, 0.4) is 0 Å². The maximum atomic E-state index is 12.2. The number of rotatable bonds is 3. The van der Waals surface area contributed by atoms with Crippen molar-refractivity contribution in [3.05, 3.63) is 12.2 Å². The van der Waals surface area contributed by atoms with E-state index in [1.54, 1.807) is 0 Å². The Morgan fingerprint density at radius 3 is 2.62 bits per heavy atom. The van der Waals surface area contributed by atoms with Crippen LogP contribution in [-0.4, -0.2) is 75.4 Å². The van der Waals surface area contributed by atoms with Crippen molar-refractivity contribution in [1.82, 2.24) is 0 Å². The van der Waals surface area contributed by atoms with Gasteiger partial charge in [0.2, 0.25) is 0 Å². The van der Waals surface area contributed by atoms with Crippen molar-refractivity contribution >= 4 is 5.97 Å². The number of fused-ring (bicyclic) bond motifs is 3. The Kier molecular flexibility index (Phi) is 5.55. The molecule has 0 aromatic carbocycles. The van der Waals surface area contributed by atoms with E-state index in [1.165, 1.54) is 0 Å². The van der Waals surface area contributed by atoms with Gasteiger partial charge in [-0.2, -0.15) is 0 Å². The molecule has 164 valence electrons. The number of hydrogen-bond donors (Lipinski definition) is 4. The third kappa shape index (κ3) is 3.34. The SMILES string of the molecule is C=C1CCC2C1C1OC(=O)C(C)C1CCC2(C)OC1OC(CO)C(O)C(O)C1O. The van der Waals surface area contributed by atoms with E-state index in [1.807, 2.05) is 13.8 Å². The molecular weight excluding hydrogens is 380 g/mol. The van der Waals surface area contributed by atoms with Gasteiger partial charge in [-0.1, -0.05) is 19.1 Å². The van der Waals surface area contributed by atoms with Gasteiger partial charge in [0.15, 0.2) is 6.29 Å². The van der Waals surface area contributed by atoms with Crippen LogP contribution < -0.4 is 0 Å². The van der Waals surface area contributed by atoms with Crippen molar-refractivity contribution in [1.29, 1.82) is 0 Å². The van der Waals surface area contributed by atoms with Crippen LogP contribution in [0, 0.1) is 23.7 Å². The predicted molar refractivity (Wildman–Crippen MR) is 100 cm³/mol. The lowest BCUT2D eigenvalue weighted by Crippen LogP contribution is -2.61. The van der Waals surface area contributed by atoms with E-state index in [2.05, 4.69) is 6.58 Å². The van der Waals surface area contributed by atoms with Crippen LogP contribution in [0.5, 0.6) is 0 Å². The number of aliphatic hydroxyl groups excluding tert-OH is 4. The van der Waals surface area contributed by atoms with Crippen LogP contribution in [-0.2, 0) is 19.0 Å². The number of hydrogen-bond acceptors (Lipinski definition) is 8. The van der Waals surface area contributed by atoms with Crippen LogP contribution in [0.4, 0.5) is 0 Å². The lowest BCUT2D eigenvalue weighted by atomic mass is 9.77. The molecule has 11 atom stereocenters. The summed E-state index contributed by atoms with van der Waals surface area (Å²) < 4.78 is 17.7. The van der Waals surface area contributed by atoms with Crippen LogP contribution in [0.15, 0.2) is 12.2 Å². The Bertz CT molecular complexity index is 665. The maximum absolute atomic E-state index is 12.2. The molecule has 0 bridgehead atoms. The van der Waals surface area contributed by atoms with Gasteiger partial charge in [-0.25, -0.2) is 0 Å². The van der Waals surface area contributed by atoms with E-state index in [4.69, 9.17) is 14.2 Å². The van der Waals surface area contributed by atoms with Crippen molar-refractivity contribution in [3.63, 3.8) is 0 Å². The van der Waals surface area contributed by atoms with Gasteiger partial charge in [0, 0.05) is 11.8 Å². The van der Waals surface area contributed by atoms with Crippen molar-refractivity contribution in [3.8, 4) is 0 Å². The van der Waals surface area contributed by atoms with Gasteiger partial charge in [0.25, 0.3) is 0 Å². The standard InChI is InChI=1S/C21H32O8/c1-9-4-5-12-14(9)18-11(10(2)19(26)28-18)6-7-21(12,3)29-20-17(25)16(24)15(23)13(8-22)27-20/h10-18,20,22-25H,1,4-8H2,2-3H3.